The Bertz CT molecular complexity index is 962. The number of hydrogen-bond acceptors (Lipinski definition) is 3. The van der Waals surface area contributed by atoms with E-state index in [0.29, 0.717) is 17.5 Å². The van der Waals surface area contributed by atoms with Gasteiger partial charge in [0, 0.05) is 23.7 Å². The third kappa shape index (κ3) is 4.61. The Morgan fingerprint density at radius 3 is 2.29 bits per heavy atom. The zero-order valence-electron chi connectivity index (χ0n) is 16.5. The Hall–Kier alpha value is -2.21. The van der Waals surface area contributed by atoms with Crippen molar-refractivity contribution in [3.63, 3.8) is 0 Å². The van der Waals surface area contributed by atoms with Crippen molar-refractivity contribution in [3.8, 4) is 0 Å². The molecule has 0 unspecified atom stereocenters. The molecule has 0 radical (unpaired) electrons. The van der Waals surface area contributed by atoms with Crippen LogP contribution in [0.5, 0.6) is 0 Å². The summed E-state index contributed by atoms with van der Waals surface area (Å²) in [6.07, 6.45) is 0.378. The summed E-state index contributed by atoms with van der Waals surface area (Å²) in [5, 5.41) is 0. The van der Waals surface area contributed by atoms with E-state index >= 15 is 0 Å². The minimum atomic E-state index is -3.17. The second-order valence-corrected chi connectivity index (χ2v) is 10.6. The Morgan fingerprint density at radius 1 is 1.11 bits per heavy atom. The van der Waals surface area contributed by atoms with Crippen molar-refractivity contribution >= 4 is 15.7 Å². The third-order valence-corrected chi connectivity index (χ3v) is 6.96. The molecule has 2 aromatic carbocycles. The van der Waals surface area contributed by atoms with E-state index in [-0.39, 0.29) is 29.4 Å². The van der Waals surface area contributed by atoms with E-state index in [1.54, 1.807) is 30.3 Å². The van der Waals surface area contributed by atoms with Crippen molar-refractivity contribution in [1.82, 2.24) is 4.90 Å². The molecule has 0 bridgehead atoms. The quantitative estimate of drug-likeness (QED) is 0.777. The summed E-state index contributed by atoms with van der Waals surface area (Å²) in [7, 11) is -3.17. The summed E-state index contributed by atoms with van der Waals surface area (Å²) in [6.45, 7) is 6.33. The van der Waals surface area contributed by atoms with Crippen molar-refractivity contribution in [2.45, 2.75) is 45.2 Å². The van der Waals surface area contributed by atoms with Gasteiger partial charge in [-0.1, -0.05) is 51.1 Å². The van der Waals surface area contributed by atoms with Gasteiger partial charge >= 0.3 is 0 Å². The van der Waals surface area contributed by atoms with Gasteiger partial charge in [-0.2, -0.15) is 0 Å². The molecule has 1 aliphatic heterocycles. The lowest BCUT2D eigenvalue weighted by Gasteiger charge is -2.29. The Labute approximate surface area is 166 Å². The van der Waals surface area contributed by atoms with Crippen molar-refractivity contribution in [1.29, 1.82) is 0 Å². The molecule has 28 heavy (non-hydrogen) atoms. The van der Waals surface area contributed by atoms with Gasteiger partial charge in [-0.3, -0.25) is 4.79 Å². The SMILES string of the molecule is CC(C)(C)c1ccc(C(=O)N(Cc2ccccc2F)[C@@H]2CCS(=O)(=O)C2)cc1. The molecule has 0 N–H and O–H groups in total. The second kappa shape index (κ2) is 7.66. The summed E-state index contributed by atoms with van der Waals surface area (Å²) < 4.78 is 38.1. The summed E-state index contributed by atoms with van der Waals surface area (Å²) in [6, 6.07) is 13.2. The van der Waals surface area contributed by atoms with Crippen LogP contribution in [0.1, 0.15) is 48.7 Å². The summed E-state index contributed by atoms with van der Waals surface area (Å²) >= 11 is 0. The standard InChI is InChI=1S/C22H26FNO3S/c1-22(2,3)18-10-8-16(9-11-18)21(25)24(19-12-13-28(26,27)15-19)14-17-6-4-5-7-20(17)23/h4-11,19H,12-15H2,1-3H3/t19-/m1/s1. The maximum Gasteiger partial charge on any atom is 0.254 e. The minimum absolute atomic E-state index is 0.0338. The average Bonchev–Trinajstić information content (AvgIpc) is 2.99. The third-order valence-electron chi connectivity index (χ3n) is 5.21. The number of benzene rings is 2. The number of amides is 1. The topological polar surface area (TPSA) is 54.5 Å². The molecular weight excluding hydrogens is 377 g/mol. The molecule has 0 saturated carbocycles. The highest BCUT2D eigenvalue weighted by Crippen LogP contribution is 2.25. The summed E-state index contributed by atoms with van der Waals surface area (Å²) in [4.78, 5) is 14.7. The van der Waals surface area contributed by atoms with Gasteiger partial charge in [0.25, 0.3) is 5.91 Å². The van der Waals surface area contributed by atoms with Crippen molar-refractivity contribution in [3.05, 3.63) is 71.0 Å². The predicted molar refractivity (Wildman–Crippen MR) is 108 cm³/mol. The van der Waals surface area contributed by atoms with Crippen LogP contribution >= 0.6 is 0 Å². The number of carbonyl (C=O) groups is 1. The molecule has 3 rings (SSSR count). The van der Waals surface area contributed by atoms with Crippen molar-refractivity contribution < 1.29 is 17.6 Å². The molecule has 1 heterocycles. The molecule has 4 nitrogen and oxygen atoms in total. The van der Waals surface area contributed by atoms with Crippen LogP contribution in [0.2, 0.25) is 0 Å². The van der Waals surface area contributed by atoms with Crippen molar-refractivity contribution in [2.75, 3.05) is 11.5 Å². The Kier molecular flexibility index (Phi) is 5.62. The molecule has 1 saturated heterocycles. The van der Waals surface area contributed by atoms with Crippen molar-refractivity contribution in [2.24, 2.45) is 0 Å². The van der Waals surface area contributed by atoms with Gasteiger partial charge in [-0.05, 0) is 35.6 Å². The lowest BCUT2D eigenvalue weighted by molar-refractivity contribution is 0.0679. The first-order valence-electron chi connectivity index (χ1n) is 9.42. The molecule has 0 aromatic heterocycles. The zero-order chi connectivity index (χ0) is 20.5. The van der Waals surface area contributed by atoms with Crippen LogP contribution in [-0.2, 0) is 21.8 Å². The van der Waals surface area contributed by atoms with E-state index in [9.17, 15) is 17.6 Å². The molecule has 1 atom stereocenters. The Morgan fingerprint density at radius 2 is 1.75 bits per heavy atom. The zero-order valence-corrected chi connectivity index (χ0v) is 17.3. The van der Waals surface area contributed by atoms with E-state index < -0.39 is 21.7 Å². The molecule has 150 valence electrons. The molecule has 1 amide bonds. The first-order chi connectivity index (χ1) is 13.1. The first kappa shape index (κ1) is 20.5. The van der Waals surface area contributed by atoms with Crippen LogP contribution in [0.15, 0.2) is 48.5 Å². The monoisotopic (exact) mass is 403 g/mol. The molecule has 6 heteroatoms. The van der Waals surface area contributed by atoms with E-state index in [2.05, 4.69) is 20.8 Å². The number of sulfone groups is 1. The van der Waals surface area contributed by atoms with E-state index in [0.717, 1.165) is 5.56 Å². The van der Waals surface area contributed by atoms with Gasteiger partial charge in [0.1, 0.15) is 5.82 Å². The van der Waals surface area contributed by atoms with Crippen LogP contribution in [0, 0.1) is 5.82 Å². The van der Waals surface area contributed by atoms with Gasteiger partial charge in [-0.25, -0.2) is 12.8 Å². The fraction of sp³-hybridized carbons (Fsp3) is 0.409. The predicted octanol–water partition coefficient (Wildman–Crippen LogP) is 3.95. The van der Waals surface area contributed by atoms with Crippen LogP contribution < -0.4 is 0 Å². The Balaban J connectivity index is 1.91. The molecule has 1 aliphatic rings. The van der Waals surface area contributed by atoms with Gasteiger partial charge in [-0.15, -0.1) is 0 Å². The largest absolute Gasteiger partial charge is 0.330 e. The molecular formula is C22H26FNO3S. The van der Waals surface area contributed by atoms with Crippen LogP contribution in [-0.4, -0.2) is 36.8 Å². The highest BCUT2D eigenvalue weighted by molar-refractivity contribution is 7.91. The minimum Gasteiger partial charge on any atom is -0.330 e. The van der Waals surface area contributed by atoms with Gasteiger partial charge in [0.15, 0.2) is 9.84 Å². The lowest BCUT2D eigenvalue weighted by Crippen LogP contribution is -2.40. The smallest absolute Gasteiger partial charge is 0.254 e. The number of carbonyl (C=O) groups excluding carboxylic acids is 1. The van der Waals surface area contributed by atoms with Crippen LogP contribution in [0.25, 0.3) is 0 Å². The van der Waals surface area contributed by atoms with E-state index in [1.165, 1.54) is 11.0 Å². The van der Waals surface area contributed by atoms with Gasteiger partial charge in [0.2, 0.25) is 0 Å². The maximum atomic E-state index is 14.2. The average molecular weight is 404 g/mol. The molecule has 2 aromatic rings. The highest BCUT2D eigenvalue weighted by Gasteiger charge is 2.35. The fourth-order valence-corrected chi connectivity index (χ4v) is 5.21. The summed E-state index contributed by atoms with van der Waals surface area (Å²) in [5.41, 5.74) is 1.93. The maximum absolute atomic E-state index is 14.2. The molecule has 0 spiro atoms. The number of halogens is 1. The molecule has 0 aliphatic carbocycles. The first-order valence-corrected chi connectivity index (χ1v) is 11.2. The number of rotatable bonds is 4. The number of hydrogen-bond donors (Lipinski definition) is 0. The lowest BCUT2D eigenvalue weighted by atomic mass is 9.86. The normalized spacial score (nSPS) is 18.8. The number of nitrogens with zero attached hydrogens (tertiary/aromatic N) is 1. The van der Waals surface area contributed by atoms with E-state index in [1.807, 2.05) is 12.1 Å². The van der Waals surface area contributed by atoms with Crippen LogP contribution in [0.3, 0.4) is 0 Å². The summed E-state index contributed by atoms with van der Waals surface area (Å²) in [5.74, 6) is -0.690. The molecule has 1 fully saturated rings. The fourth-order valence-electron chi connectivity index (χ4n) is 3.48. The van der Waals surface area contributed by atoms with Gasteiger partial charge < -0.3 is 4.90 Å². The van der Waals surface area contributed by atoms with E-state index in [4.69, 9.17) is 0 Å². The second-order valence-electron chi connectivity index (χ2n) is 8.41. The van der Waals surface area contributed by atoms with Gasteiger partial charge in [0.05, 0.1) is 11.5 Å². The highest BCUT2D eigenvalue weighted by atomic mass is 32.2. The van der Waals surface area contributed by atoms with Crippen LogP contribution in [0.4, 0.5) is 4.39 Å².